The lowest BCUT2D eigenvalue weighted by molar-refractivity contribution is -0.137. The van der Waals surface area contributed by atoms with Gasteiger partial charge in [0.05, 0.1) is 11.1 Å². The molecule has 0 radical (unpaired) electrons. The molecule has 0 fully saturated rings. The smallest absolute Gasteiger partial charge is 0.268 e. The highest BCUT2D eigenvalue weighted by Crippen LogP contribution is 2.33. The molecule has 0 spiro atoms. The van der Waals surface area contributed by atoms with Crippen LogP contribution in [0.25, 0.3) is 0 Å². The van der Waals surface area contributed by atoms with Crippen LogP contribution in [-0.4, -0.2) is 10.6 Å². The molecule has 7 heteroatoms. The van der Waals surface area contributed by atoms with Crippen LogP contribution in [0.4, 0.5) is 13.2 Å². The zero-order chi connectivity index (χ0) is 14.0. The fourth-order valence-electron chi connectivity index (χ4n) is 1.54. The van der Waals surface area contributed by atoms with Gasteiger partial charge in [0.1, 0.15) is 0 Å². The summed E-state index contributed by atoms with van der Waals surface area (Å²) in [5.41, 5.74) is 0.926. The van der Waals surface area contributed by atoms with Crippen LogP contribution in [-0.2, 0) is 6.18 Å². The van der Waals surface area contributed by atoms with E-state index in [2.05, 4.69) is 21.4 Å². The van der Waals surface area contributed by atoms with Crippen molar-refractivity contribution in [3.63, 3.8) is 0 Å². The Morgan fingerprint density at radius 2 is 1.84 bits per heavy atom. The monoisotopic (exact) mass is 332 g/mol. The first-order valence-corrected chi connectivity index (χ1v) is 5.98. The van der Waals surface area contributed by atoms with Gasteiger partial charge in [0, 0.05) is 16.9 Å². The number of rotatable bonds is 2. The van der Waals surface area contributed by atoms with Crippen molar-refractivity contribution in [3.8, 4) is 0 Å². The third-order valence-corrected chi connectivity index (χ3v) is 2.86. The average molecular weight is 333 g/mol. The lowest BCUT2D eigenvalue weighted by Crippen LogP contribution is -2.24. The number of hydrogen-bond acceptors (Lipinski definition) is 1. The molecule has 2 aromatic rings. The SMILES string of the molecule is O=C(Nn1cccc1)c1ccc(Br)cc1C(F)(F)F. The molecule has 2 rings (SSSR count). The van der Waals surface area contributed by atoms with E-state index in [-0.39, 0.29) is 4.47 Å². The largest absolute Gasteiger partial charge is 0.417 e. The van der Waals surface area contributed by atoms with Crippen molar-refractivity contribution in [2.45, 2.75) is 6.18 Å². The van der Waals surface area contributed by atoms with Crippen molar-refractivity contribution in [1.29, 1.82) is 0 Å². The zero-order valence-electron chi connectivity index (χ0n) is 9.41. The third-order valence-electron chi connectivity index (χ3n) is 2.37. The number of nitrogens with zero attached hydrogens (tertiary/aromatic N) is 1. The van der Waals surface area contributed by atoms with Crippen molar-refractivity contribution >= 4 is 21.8 Å². The molecule has 0 atom stereocenters. The molecular weight excluding hydrogens is 325 g/mol. The number of benzene rings is 1. The van der Waals surface area contributed by atoms with Gasteiger partial charge in [-0.25, -0.2) is 0 Å². The van der Waals surface area contributed by atoms with Crippen LogP contribution in [0.15, 0.2) is 47.2 Å². The molecule has 1 aromatic carbocycles. The number of nitrogens with one attached hydrogen (secondary N) is 1. The molecule has 3 nitrogen and oxygen atoms in total. The Bertz CT molecular complexity index is 594. The predicted molar refractivity (Wildman–Crippen MR) is 67.3 cm³/mol. The number of halogens is 4. The number of aromatic nitrogens is 1. The van der Waals surface area contributed by atoms with Gasteiger partial charge in [0.15, 0.2) is 0 Å². The van der Waals surface area contributed by atoms with Crippen LogP contribution in [0.5, 0.6) is 0 Å². The maximum Gasteiger partial charge on any atom is 0.417 e. The van der Waals surface area contributed by atoms with E-state index >= 15 is 0 Å². The van der Waals surface area contributed by atoms with Gasteiger partial charge in [-0.3, -0.25) is 14.9 Å². The highest BCUT2D eigenvalue weighted by atomic mass is 79.9. The number of hydrogen-bond donors (Lipinski definition) is 1. The standard InChI is InChI=1S/C12H8BrF3N2O/c13-8-3-4-9(10(7-8)12(14,15)16)11(19)17-18-5-1-2-6-18/h1-7H,(H,17,19). The number of alkyl halides is 3. The maximum absolute atomic E-state index is 12.9. The third kappa shape index (κ3) is 3.17. The van der Waals surface area contributed by atoms with Gasteiger partial charge in [0.25, 0.3) is 5.91 Å². The van der Waals surface area contributed by atoms with Crippen LogP contribution < -0.4 is 5.43 Å². The maximum atomic E-state index is 12.9. The molecule has 0 bridgehead atoms. The van der Waals surface area contributed by atoms with Crippen molar-refractivity contribution in [1.82, 2.24) is 4.68 Å². The van der Waals surface area contributed by atoms with Gasteiger partial charge in [-0.2, -0.15) is 13.2 Å². The van der Waals surface area contributed by atoms with Gasteiger partial charge in [0.2, 0.25) is 0 Å². The van der Waals surface area contributed by atoms with Crippen LogP contribution in [0.2, 0.25) is 0 Å². The molecule has 1 aromatic heterocycles. The summed E-state index contributed by atoms with van der Waals surface area (Å²) in [5, 5.41) is 0. The lowest BCUT2D eigenvalue weighted by atomic mass is 10.1. The summed E-state index contributed by atoms with van der Waals surface area (Å²) in [4.78, 5) is 11.8. The Hall–Kier alpha value is -1.76. The second-order valence-corrected chi connectivity index (χ2v) is 4.63. The predicted octanol–water partition coefficient (Wildman–Crippen LogP) is 3.65. The van der Waals surface area contributed by atoms with E-state index in [0.717, 1.165) is 12.1 Å². The van der Waals surface area contributed by atoms with E-state index in [1.54, 1.807) is 12.1 Å². The molecular formula is C12H8BrF3N2O. The molecule has 0 aliphatic heterocycles. The van der Waals surface area contributed by atoms with Gasteiger partial charge >= 0.3 is 6.18 Å². The van der Waals surface area contributed by atoms with Crippen LogP contribution in [0.3, 0.4) is 0 Å². The minimum atomic E-state index is -4.59. The van der Waals surface area contributed by atoms with Crippen LogP contribution in [0.1, 0.15) is 15.9 Å². The normalized spacial score (nSPS) is 11.4. The Morgan fingerprint density at radius 1 is 1.21 bits per heavy atom. The first-order chi connectivity index (χ1) is 8.88. The Balaban J connectivity index is 2.36. The zero-order valence-corrected chi connectivity index (χ0v) is 11.0. The van der Waals surface area contributed by atoms with E-state index in [9.17, 15) is 18.0 Å². The van der Waals surface area contributed by atoms with E-state index in [1.807, 2.05) is 0 Å². The molecule has 0 aliphatic rings. The van der Waals surface area contributed by atoms with Crippen LogP contribution >= 0.6 is 15.9 Å². The van der Waals surface area contributed by atoms with Gasteiger partial charge in [-0.1, -0.05) is 15.9 Å². The summed E-state index contributed by atoms with van der Waals surface area (Å²) in [5.74, 6) is -0.823. The molecule has 1 N–H and O–H groups in total. The summed E-state index contributed by atoms with van der Waals surface area (Å²) in [6.07, 6.45) is -1.55. The van der Waals surface area contributed by atoms with E-state index in [0.29, 0.717) is 0 Å². The fraction of sp³-hybridized carbons (Fsp3) is 0.0833. The summed E-state index contributed by atoms with van der Waals surface area (Å²) in [6.45, 7) is 0. The molecule has 0 saturated heterocycles. The Labute approximate surface area is 115 Å². The Morgan fingerprint density at radius 3 is 2.42 bits per heavy atom. The lowest BCUT2D eigenvalue weighted by Gasteiger charge is -2.13. The first-order valence-electron chi connectivity index (χ1n) is 5.19. The molecule has 100 valence electrons. The summed E-state index contributed by atoms with van der Waals surface area (Å²) in [7, 11) is 0. The Kier molecular flexibility index (Phi) is 3.66. The van der Waals surface area contributed by atoms with E-state index in [4.69, 9.17) is 0 Å². The molecule has 19 heavy (non-hydrogen) atoms. The van der Waals surface area contributed by atoms with Gasteiger partial charge < -0.3 is 0 Å². The number of amides is 1. The quantitative estimate of drug-likeness (QED) is 0.894. The number of carbonyl (C=O) groups is 1. The first kappa shape index (κ1) is 13.7. The highest BCUT2D eigenvalue weighted by Gasteiger charge is 2.35. The fourth-order valence-corrected chi connectivity index (χ4v) is 1.90. The molecule has 0 aliphatic carbocycles. The van der Waals surface area contributed by atoms with Crippen molar-refractivity contribution in [2.75, 3.05) is 5.43 Å². The van der Waals surface area contributed by atoms with Crippen molar-refractivity contribution < 1.29 is 18.0 Å². The van der Waals surface area contributed by atoms with E-state index < -0.39 is 23.2 Å². The topological polar surface area (TPSA) is 34.0 Å². The minimum Gasteiger partial charge on any atom is -0.268 e. The second kappa shape index (κ2) is 5.08. The average Bonchev–Trinajstić information content (AvgIpc) is 2.80. The highest BCUT2D eigenvalue weighted by molar-refractivity contribution is 9.10. The van der Waals surface area contributed by atoms with Gasteiger partial charge in [-0.15, -0.1) is 0 Å². The summed E-state index contributed by atoms with van der Waals surface area (Å²) < 4.78 is 40.1. The van der Waals surface area contributed by atoms with E-state index in [1.165, 1.54) is 23.1 Å². The molecule has 1 heterocycles. The molecule has 1 amide bonds. The van der Waals surface area contributed by atoms with Crippen molar-refractivity contribution in [3.05, 3.63) is 58.3 Å². The van der Waals surface area contributed by atoms with Crippen molar-refractivity contribution in [2.24, 2.45) is 0 Å². The van der Waals surface area contributed by atoms with Gasteiger partial charge in [-0.05, 0) is 30.3 Å². The number of carbonyl (C=O) groups excluding carboxylic acids is 1. The molecule has 0 unspecified atom stereocenters. The second-order valence-electron chi connectivity index (χ2n) is 3.72. The van der Waals surface area contributed by atoms with Crippen LogP contribution in [0, 0.1) is 0 Å². The minimum absolute atomic E-state index is 0.261. The summed E-state index contributed by atoms with van der Waals surface area (Å²) in [6, 6.07) is 6.69. The molecule has 0 saturated carbocycles. The summed E-state index contributed by atoms with van der Waals surface area (Å²) >= 11 is 2.96.